The van der Waals surface area contributed by atoms with Gasteiger partial charge in [0.05, 0.1) is 7.11 Å². The van der Waals surface area contributed by atoms with Crippen LogP contribution in [0.5, 0.6) is 11.5 Å². The average molecular weight is 371 g/mol. The molecule has 0 unspecified atom stereocenters. The number of amides is 1. The summed E-state index contributed by atoms with van der Waals surface area (Å²) in [6, 6.07) is 13.1. The van der Waals surface area contributed by atoms with Crippen molar-refractivity contribution in [3.8, 4) is 11.5 Å². The summed E-state index contributed by atoms with van der Waals surface area (Å²) in [5, 5.41) is 3.92. The van der Waals surface area contributed by atoms with E-state index in [2.05, 4.69) is 5.32 Å². The third-order valence-electron chi connectivity index (χ3n) is 3.20. The Morgan fingerprint density at radius 1 is 1.17 bits per heavy atom. The van der Waals surface area contributed by atoms with Crippen molar-refractivity contribution in [2.24, 2.45) is 5.73 Å². The molecule has 5 nitrogen and oxygen atoms in total. The van der Waals surface area contributed by atoms with Gasteiger partial charge in [-0.2, -0.15) is 0 Å². The monoisotopic (exact) mass is 370 g/mol. The topological polar surface area (TPSA) is 73.6 Å². The Morgan fingerprint density at radius 3 is 2.50 bits per heavy atom. The van der Waals surface area contributed by atoms with Gasteiger partial charge in [-0.25, -0.2) is 0 Å². The summed E-state index contributed by atoms with van der Waals surface area (Å²) in [6.07, 6.45) is 0. The summed E-state index contributed by atoms with van der Waals surface area (Å²) in [4.78, 5) is 10.8. The van der Waals surface area contributed by atoms with E-state index in [0.717, 1.165) is 16.9 Å². The summed E-state index contributed by atoms with van der Waals surface area (Å²) in [5.41, 5.74) is 7.10. The van der Waals surface area contributed by atoms with E-state index in [4.69, 9.17) is 26.8 Å². The molecular weight excluding hydrogens is 351 g/mol. The number of hydrogen-bond donors (Lipinski definition) is 2. The zero-order chi connectivity index (χ0) is 16.7. The van der Waals surface area contributed by atoms with Crippen LogP contribution in [0.15, 0.2) is 42.5 Å². The molecule has 2 aromatic rings. The molecule has 0 aliphatic carbocycles. The predicted octanol–water partition coefficient (Wildman–Crippen LogP) is 2.92. The minimum absolute atomic E-state index is 0. The van der Waals surface area contributed by atoms with E-state index in [1.165, 1.54) is 0 Å². The summed E-state index contributed by atoms with van der Waals surface area (Å²) in [6.45, 7) is 1.08. The number of carbonyl (C=O) groups is 1. The van der Waals surface area contributed by atoms with E-state index in [-0.39, 0.29) is 19.0 Å². The van der Waals surface area contributed by atoms with E-state index < -0.39 is 5.91 Å². The number of benzene rings is 2. The first kappa shape index (κ1) is 20.1. The highest BCUT2D eigenvalue weighted by Gasteiger charge is 2.06. The van der Waals surface area contributed by atoms with Gasteiger partial charge in [0, 0.05) is 23.7 Å². The maximum absolute atomic E-state index is 10.8. The predicted molar refractivity (Wildman–Crippen MR) is 96.9 cm³/mol. The molecule has 0 saturated heterocycles. The van der Waals surface area contributed by atoms with Crippen molar-refractivity contribution in [3.63, 3.8) is 0 Å². The summed E-state index contributed by atoms with van der Waals surface area (Å²) < 4.78 is 10.5. The van der Waals surface area contributed by atoms with Crippen LogP contribution in [0.4, 0.5) is 0 Å². The van der Waals surface area contributed by atoms with Gasteiger partial charge in [0.1, 0.15) is 11.5 Å². The fourth-order valence-electron chi connectivity index (χ4n) is 2.06. The van der Waals surface area contributed by atoms with E-state index >= 15 is 0 Å². The Hall–Kier alpha value is -1.95. The summed E-state index contributed by atoms with van der Waals surface area (Å²) >= 11 is 6.02. The molecule has 7 heteroatoms. The molecule has 0 saturated carbocycles. The summed E-state index contributed by atoms with van der Waals surface area (Å²) in [5.74, 6) is 0.901. The largest absolute Gasteiger partial charge is 0.497 e. The van der Waals surface area contributed by atoms with Crippen molar-refractivity contribution in [2.75, 3.05) is 13.7 Å². The van der Waals surface area contributed by atoms with Crippen LogP contribution >= 0.6 is 24.0 Å². The number of carbonyl (C=O) groups excluding carboxylic acids is 1. The standard InChI is InChI=1S/C17H19ClN2O3.ClH/c1-22-15-5-2-12(3-6-15)9-20-10-13-8-14(18)4-7-16(13)23-11-17(19)21;/h2-8,20H,9-11H2,1H3,(H2,19,21);1H. The molecule has 0 aliphatic rings. The Morgan fingerprint density at radius 2 is 1.88 bits per heavy atom. The maximum Gasteiger partial charge on any atom is 0.255 e. The third-order valence-corrected chi connectivity index (χ3v) is 3.43. The van der Waals surface area contributed by atoms with Crippen LogP contribution in [-0.4, -0.2) is 19.6 Å². The second kappa shape index (κ2) is 10.0. The molecule has 2 rings (SSSR count). The van der Waals surface area contributed by atoms with Gasteiger partial charge in [0.15, 0.2) is 6.61 Å². The normalized spacial score (nSPS) is 9.92. The zero-order valence-corrected chi connectivity index (χ0v) is 14.8. The SMILES string of the molecule is COc1ccc(CNCc2cc(Cl)ccc2OCC(N)=O)cc1.Cl. The van der Waals surface area contributed by atoms with Crippen molar-refractivity contribution >= 4 is 29.9 Å². The number of primary amides is 1. The molecule has 3 N–H and O–H groups in total. The number of methoxy groups -OCH3 is 1. The zero-order valence-electron chi connectivity index (χ0n) is 13.3. The Bertz CT molecular complexity index is 663. The van der Waals surface area contributed by atoms with Crippen molar-refractivity contribution in [3.05, 3.63) is 58.6 Å². The number of hydrogen-bond acceptors (Lipinski definition) is 4. The Kier molecular flexibility index (Phi) is 8.40. The van der Waals surface area contributed by atoms with Crippen LogP contribution in [-0.2, 0) is 17.9 Å². The van der Waals surface area contributed by atoms with Gasteiger partial charge in [-0.1, -0.05) is 23.7 Å². The number of rotatable bonds is 8. The average Bonchev–Trinajstić information content (AvgIpc) is 2.54. The molecule has 0 radical (unpaired) electrons. The van der Waals surface area contributed by atoms with Crippen LogP contribution in [0.3, 0.4) is 0 Å². The highest BCUT2D eigenvalue weighted by molar-refractivity contribution is 6.30. The lowest BCUT2D eigenvalue weighted by Crippen LogP contribution is -2.21. The van der Waals surface area contributed by atoms with Gasteiger partial charge in [0.2, 0.25) is 0 Å². The second-order valence-electron chi connectivity index (χ2n) is 4.96. The highest BCUT2D eigenvalue weighted by Crippen LogP contribution is 2.23. The van der Waals surface area contributed by atoms with Gasteiger partial charge < -0.3 is 20.5 Å². The quantitative estimate of drug-likeness (QED) is 0.748. The summed E-state index contributed by atoms with van der Waals surface area (Å²) in [7, 11) is 1.64. The fraction of sp³-hybridized carbons (Fsp3) is 0.235. The molecule has 130 valence electrons. The molecular formula is C17H20Cl2N2O3. The molecule has 0 atom stereocenters. The number of nitrogens with one attached hydrogen (secondary N) is 1. The molecule has 1 amide bonds. The lowest BCUT2D eigenvalue weighted by Gasteiger charge is -2.12. The number of halogens is 2. The van der Waals surface area contributed by atoms with Crippen LogP contribution in [0, 0.1) is 0 Å². The molecule has 2 aromatic carbocycles. The molecule has 0 heterocycles. The lowest BCUT2D eigenvalue weighted by atomic mass is 10.2. The molecule has 0 aliphatic heterocycles. The van der Waals surface area contributed by atoms with Gasteiger partial charge in [0.25, 0.3) is 5.91 Å². The molecule has 0 aromatic heterocycles. The smallest absolute Gasteiger partial charge is 0.255 e. The molecule has 24 heavy (non-hydrogen) atoms. The van der Waals surface area contributed by atoms with Crippen LogP contribution in [0.25, 0.3) is 0 Å². The Balaban J connectivity index is 0.00000288. The highest BCUT2D eigenvalue weighted by atomic mass is 35.5. The van der Waals surface area contributed by atoms with Crippen molar-refractivity contribution in [2.45, 2.75) is 13.1 Å². The van der Waals surface area contributed by atoms with E-state index in [1.807, 2.05) is 24.3 Å². The van der Waals surface area contributed by atoms with Crippen molar-refractivity contribution in [1.29, 1.82) is 0 Å². The molecule has 0 fully saturated rings. The first-order chi connectivity index (χ1) is 11.1. The van der Waals surface area contributed by atoms with Crippen LogP contribution < -0.4 is 20.5 Å². The van der Waals surface area contributed by atoms with Crippen LogP contribution in [0.1, 0.15) is 11.1 Å². The number of ether oxygens (including phenoxy) is 2. The van der Waals surface area contributed by atoms with E-state index in [1.54, 1.807) is 25.3 Å². The van der Waals surface area contributed by atoms with Crippen molar-refractivity contribution in [1.82, 2.24) is 5.32 Å². The maximum atomic E-state index is 10.8. The second-order valence-corrected chi connectivity index (χ2v) is 5.40. The Labute approximate surface area is 152 Å². The van der Waals surface area contributed by atoms with Gasteiger partial charge >= 0.3 is 0 Å². The lowest BCUT2D eigenvalue weighted by molar-refractivity contribution is -0.119. The van der Waals surface area contributed by atoms with Crippen LogP contribution in [0.2, 0.25) is 5.02 Å². The minimum Gasteiger partial charge on any atom is -0.497 e. The third kappa shape index (κ3) is 6.28. The van der Waals surface area contributed by atoms with Gasteiger partial charge in [-0.05, 0) is 35.9 Å². The first-order valence-electron chi connectivity index (χ1n) is 7.11. The van der Waals surface area contributed by atoms with Crippen molar-refractivity contribution < 1.29 is 14.3 Å². The minimum atomic E-state index is -0.517. The molecule has 0 bridgehead atoms. The van der Waals surface area contributed by atoms with Gasteiger partial charge in [-0.3, -0.25) is 4.79 Å². The number of nitrogens with two attached hydrogens (primary N) is 1. The fourth-order valence-corrected chi connectivity index (χ4v) is 2.26. The first-order valence-corrected chi connectivity index (χ1v) is 7.49. The van der Waals surface area contributed by atoms with E-state index in [0.29, 0.717) is 23.9 Å². The van der Waals surface area contributed by atoms with Gasteiger partial charge in [-0.15, -0.1) is 12.4 Å². The molecule has 0 spiro atoms. The van der Waals surface area contributed by atoms with E-state index in [9.17, 15) is 4.79 Å².